The Morgan fingerprint density at radius 2 is 1.91 bits per heavy atom. The number of ether oxygens (including phenoxy) is 3. The lowest BCUT2D eigenvalue weighted by Crippen LogP contribution is -2.55. The van der Waals surface area contributed by atoms with Gasteiger partial charge in [0.25, 0.3) is 0 Å². The molecule has 178 valence electrons. The van der Waals surface area contributed by atoms with E-state index in [0.717, 1.165) is 11.6 Å². The van der Waals surface area contributed by atoms with Gasteiger partial charge in [0.15, 0.2) is 29.5 Å². The highest BCUT2D eigenvalue weighted by Crippen LogP contribution is 2.62. The number of benzene rings is 2. The van der Waals surface area contributed by atoms with Gasteiger partial charge >= 0.3 is 0 Å². The van der Waals surface area contributed by atoms with Crippen LogP contribution in [0.1, 0.15) is 28.3 Å². The van der Waals surface area contributed by atoms with Crippen molar-refractivity contribution in [2.75, 3.05) is 13.7 Å². The molecule has 5 aliphatic rings. The van der Waals surface area contributed by atoms with Crippen molar-refractivity contribution in [1.29, 1.82) is 0 Å². The second kappa shape index (κ2) is 7.11. The number of phenolic OH excluding ortho intramolecular Hbond substituents is 3. The summed E-state index contributed by atoms with van der Waals surface area (Å²) in [4.78, 5) is 12.9. The van der Waals surface area contributed by atoms with E-state index in [9.17, 15) is 30.3 Å². The number of hydrogen-bond acceptors (Lipinski definition) is 9. The lowest BCUT2D eigenvalue weighted by atomic mass is 9.55. The molecule has 0 radical (unpaired) electrons. The van der Waals surface area contributed by atoms with Crippen molar-refractivity contribution in [2.45, 2.75) is 30.3 Å². The predicted molar refractivity (Wildman–Crippen MR) is 116 cm³/mol. The third kappa shape index (κ3) is 2.81. The largest absolute Gasteiger partial charge is 0.508 e. The van der Waals surface area contributed by atoms with Crippen LogP contribution in [-0.4, -0.2) is 63.0 Å². The highest BCUT2D eigenvalue weighted by atomic mass is 16.6. The Kier molecular flexibility index (Phi) is 4.45. The van der Waals surface area contributed by atoms with E-state index in [0.29, 0.717) is 17.7 Å². The van der Waals surface area contributed by atoms with E-state index < -0.39 is 35.4 Å². The van der Waals surface area contributed by atoms with Crippen LogP contribution < -0.4 is 9.47 Å². The van der Waals surface area contributed by atoms with Gasteiger partial charge in [-0.3, -0.25) is 4.79 Å². The quantitative estimate of drug-likeness (QED) is 0.426. The summed E-state index contributed by atoms with van der Waals surface area (Å²) in [6.45, 7) is 0.276. The molecule has 2 aromatic rings. The number of aliphatic hydroxyl groups is 2. The highest BCUT2D eigenvalue weighted by Gasteiger charge is 2.64. The van der Waals surface area contributed by atoms with Crippen molar-refractivity contribution in [3.8, 4) is 28.7 Å². The number of allylic oxidation sites excluding steroid dienone is 1. The molecule has 9 heteroatoms. The Balaban J connectivity index is 1.42. The summed E-state index contributed by atoms with van der Waals surface area (Å²) in [5, 5.41) is 52.2. The van der Waals surface area contributed by atoms with E-state index in [-0.39, 0.29) is 47.2 Å². The van der Waals surface area contributed by atoms with Gasteiger partial charge in [-0.05, 0) is 35.1 Å². The molecule has 9 nitrogen and oxygen atoms in total. The monoisotopic (exact) mass is 468 g/mol. The molecule has 7 atom stereocenters. The Hall–Kier alpha value is -3.27. The Morgan fingerprint density at radius 1 is 1.12 bits per heavy atom. The predicted octanol–water partition coefficient (Wildman–Crippen LogP) is 1.81. The van der Waals surface area contributed by atoms with Gasteiger partial charge in [-0.1, -0.05) is 12.1 Å². The van der Waals surface area contributed by atoms with Crippen molar-refractivity contribution in [3.05, 3.63) is 53.1 Å². The first-order valence-electron chi connectivity index (χ1n) is 11.1. The topological polar surface area (TPSA) is 146 Å². The fourth-order valence-corrected chi connectivity index (χ4v) is 6.39. The van der Waals surface area contributed by atoms with Gasteiger partial charge in [0.05, 0.1) is 13.7 Å². The number of ketones is 1. The van der Waals surface area contributed by atoms with Crippen LogP contribution in [0, 0.1) is 17.8 Å². The molecule has 2 fully saturated rings. The van der Waals surface area contributed by atoms with Gasteiger partial charge in [-0.25, -0.2) is 0 Å². The maximum atomic E-state index is 12.9. The number of phenols is 3. The molecule has 0 spiro atoms. The molecule has 2 aromatic carbocycles. The average Bonchev–Trinajstić information content (AvgIpc) is 3.07. The minimum Gasteiger partial charge on any atom is -0.508 e. The third-order valence-corrected chi connectivity index (χ3v) is 7.70. The summed E-state index contributed by atoms with van der Waals surface area (Å²) in [6.07, 6.45) is -0.423. The van der Waals surface area contributed by atoms with Crippen molar-refractivity contribution in [3.63, 3.8) is 0 Å². The van der Waals surface area contributed by atoms with E-state index in [1.54, 1.807) is 12.1 Å². The zero-order valence-electron chi connectivity index (χ0n) is 18.2. The number of hydrogen-bond donors (Lipinski definition) is 5. The van der Waals surface area contributed by atoms with Gasteiger partial charge in [0.1, 0.15) is 22.8 Å². The fourth-order valence-electron chi connectivity index (χ4n) is 6.39. The molecule has 1 saturated heterocycles. The number of methoxy groups -OCH3 is 1. The molecule has 1 saturated carbocycles. The van der Waals surface area contributed by atoms with Crippen LogP contribution in [0.5, 0.6) is 28.7 Å². The number of Topliss-reactive ketones (excluding diaryl/α,β-unsaturated/α-hetero) is 1. The number of aromatic hydroxyl groups is 3. The van der Waals surface area contributed by atoms with Crippen LogP contribution in [-0.2, 0) is 4.74 Å². The zero-order chi connectivity index (χ0) is 23.9. The molecule has 7 unspecified atom stereocenters. The van der Waals surface area contributed by atoms with E-state index in [2.05, 4.69) is 0 Å². The summed E-state index contributed by atoms with van der Waals surface area (Å²) >= 11 is 0. The minimum atomic E-state index is -1.59. The lowest BCUT2D eigenvalue weighted by molar-refractivity contribution is -0.209. The summed E-state index contributed by atoms with van der Waals surface area (Å²) in [7, 11) is 1.48. The first-order chi connectivity index (χ1) is 16.2. The minimum absolute atomic E-state index is 0.0276. The van der Waals surface area contributed by atoms with E-state index >= 15 is 0 Å². The molecular formula is C25H24O9. The Labute approximate surface area is 194 Å². The van der Waals surface area contributed by atoms with Gasteiger partial charge in [0.2, 0.25) is 5.78 Å². The maximum Gasteiger partial charge on any atom is 0.202 e. The first-order valence-corrected chi connectivity index (χ1v) is 11.1. The Bertz CT molecular complexity index is 1240. The standard InChI is InChI=1S/C25H24O9/c1-32-17-5-10(2-3-15(17)27)19-11-4-13(21-14(19)9-33-25(21,31)8-11)24-23(30)22(29)20-16(28)6-12(26)7-18(20)34-24/h2-7,11,14,19,21,23-24,26-28,30-31H,8-9H2,1H3. The molecular weight excluding hydrogens is 444 g/mol. The SMILES string of the molecule is COc1cc(C2C3C=C(C4Oc5cc(O)cc(O)c5C(=O)C4O)C4C2COC4(O)C3)ccc1O. The van der Waals surface area contributed by atoms with E-state index in [1.807, 2.05) is 12.1 Å². The summed E-state index contributed by atoms with van der Waals surface area (Å²) in [6, 6.07) is 7.42. The van der Waals surface area contributed by atoms with Crippen LogP contribution >= 0.6 is 0 Å². The van der Waals surface area contributed by atoms with Gasteiger partial charge in [0, 0.05) is 30.4 Å². The number of carbonyl (C=O) groups excluding carboxylic acids is 1. The molecule has 0 aromatic heterocycles. The smallest absolute Gasteiger partial charge is 0.202 e. The molecule has 3 aliphatic carbocycles. The fraction of sp³-hybridized carbons (Fsp3) is 0.400. The van der Waals surface area contributed by atoms with E-state index in [4.69, 9.17) is 14.2 Å². The van der Waals surface area contributed by atoms with Crippen LogP contribution in [0.2, 0.25) is 0 Å². The lowest BCUT2D eigenvalue weighted by Gasteiger charge is -2.51. The molecule has 7 rings (SSSR count). The second-order valence-electron chi connectivity index (χ2n) is 9.47. The number of fused-ring (bicyclic) bond motifs is 1. The Morgan fingerprint density at radius 3 is 2.68 bits per heavy atom. The van der Waals surface area contributed by atoms with Gasteiger partial charge in [-0.15, -0.1) is 0 Å². The average molecular weight is 468 g/mol. The van der Waals surface area contributed by atoms with Gasteiger partial charge in [-0.2, -0.15) is 0 Å². The normalized spacial score (nSPS) is 35.5. The highest BCUT2D eigenvalue weighted by molar-refractivity contribution is 6.05. The molecule has 2 aliphatic heterocycles. The van der Waals surface area contributed by atoms with Crippen molar-refractivity contribution < 1.29 is 44.5 Å². The molecule has 34 heavy (non-hydrogen) atoms. The second-order valence-corrected chi connectivity index (χ2v) is 9.47. The summed E-state index contributed by atoms with van der Waals surface area (Å²) < 4.78 is 17.1. The van der Waals surface area contributed by atoms with Gasteiger partial charge < -0.3 is 39.7 Å². The summed E-state index contributed by atoms with van der Waals surface area (Å²) in [5.74, 6) is -3.49. The van der Waals surface area contributed by atoms with E-state index in [1.165, 1.54) is 13.2 Å². The number of carbonyl (C=O) groups is 1. The first kappa shape index (κ1) is 21.3. The molecule has 4 bridgehead atoms. The molecule has 2 heterocycles. The summed E-state index contributed by atoms with van der Waals surface area (Å²) in [5.41, 5.74) is 1.31. The van der Waals surface area contributed by atoms with Crippen LogP contribution in [0.3, 0.4) is 0 Å². The number of rotatable bonds is 3. The molecule has 0 amide bonds. The van der Waals surface area contributed by atoms with Crippen LogP contribution in [0.25, 0.3) is 0 Å². The zero-order valence-corrected chi connectivity index (χ0v) is 18.2. The maximum absolute atomic E-state index is 12.9. The molecule has 5 N–H and O–H groups in total. The number of aliphatic hydroxyl groups excluding tert-OH is 1. The van der Waals surface area contributed by atoms with Crippen molar-refractivity contribution in [2.24, 2.45) is 17.8 Å². The van der Waals surface area contributed by atoms with Crippen LogP contribution in [0.4, 0.5) is 0 Å². The third-order valence-electron chi connectivity index (χ3n) is 7.70. The van der Waals surface area contributed by atoms with Crippen molar-refractivity contribution >= 4 is 5.78 Å². The van der Waals surface area contributed by atoms with Crippen molar-refractivity contribution in [1.82, 2.24) is 0 Å². The van der Waals surface area contributed by atoms with Crippen LogP contribution in [0.15, 0.2) is 42.0 Å².